The first-order chi connectivity index (χ1) is 13.4. The van der Waals surface area contributed by atoms with E-state index in [0.717, 1.165) is 6.07 Å². The highest BCUT2D eigenvalue weighted by Crippen LogP contribution is 2.36. The minimum atomic E-state index is -4.52. The number of halogens is 4. The summed E-state index contributed by atoms with van der Waals surface area (Å²) in [6, 6.07) is 6.78. The van der Waals surface area contributed by atoms with E-state index in [0.29, 0.717) is 24.5 Å². The summed E-state index contributed by atoms with van der Waals surface area (Å²) in [6.07, 6.45) is -4.12. The number of nitrogens with one attached hydrogen (secondary N) is 2. The third kappa shape index (κ3) is 5.61. The number of anilines is 2. The molecule has 0 saturated carbocycles. The van der Waals surface area contributed by atoms with Crippen molar-refractivity contribution in [1.82, 2.24) is 25.1 Å². The molecule has 0 saturated heterocycles. The Kier molecular flexibility index (Phi) is 7.69. The van der Waals surface area contributed by atoms with Crippen molar-refractivity contribution in [3.63, 3.8) is 0 Å². The van der Waals surface area contributed by atoms with Gasteiger partial charge in [-0.25, -0.2) is 9.97 Å². The largest absolute Gasteiger partial charge is 0.417 e. The van der Waals surface area contributed by atoms with Gasteiger partial charge in [0.1, 0.15) is 11.6 Å². The van der Waals surface area contributed by atoms with E-state index < -0.39 is 11.7 Å². The van der Waals surface area contributed by atoms with E-state index in [2.05, 4.69) is 53.1 Å². The number of aromatic amines is 1. The average Bonchev–Trinajstić information content (AvgIpc) is 3.07. The summed E-state index contributed by atoms with van der Waals surface area (Å²) in [7, 11) is 0. The zero-order valence-electron chi connectivity index (χ0n) is 15.2. The SMILES string of the molecule is CI.Cc1nc(Nc2cc(CCN)nc(-c3ccccc3C(F)(F)F)n2)n[nH]1. The van der Waals surface area contributed by atoms with Crippen molar-refractivity contribution in [2.75, 3.05) is 16.8 Å². The molecule has 0 bridgehead atoms. The first kappa shape index (κ1) is 22.0. The van der Waals surface area contributed by atoms with Crippen LogP contribution in [0.3, 0.4) is 0 Å². The van der Waals surface area contributed by atoms with E-state index >= 15 is 0 Å². The van der Waals surface area contributed by atoms with Crippen LogP contribution in [0.15, 0.2) is 30.3 Å². The lowest BCUT2D eigenvalue weighted by Crippen LogP contribution is -2.11. The molecule has 0 aliphatic rings. The van der Waals surface area contributed by atoms with Crippen molar-refractivity contribution in [2.45, 2.75) is 19.5 Å². The zero-order valence-corrected chi connectivity index (χ0v) is 17.3. The maximum Gasteiger partial charge on any atom is 0.417 e. The van der Waals surface area contributed by atoms with Gasteiger partial charge in [-0.1, -0.05) is 40.8 Å². The fourth-order valence-electron chi connectivity index (χ4n) is 2.40. The molecule has 150 valence electrons. The fourth-order valence-corrected chi connectivity index (χ4v) is 2.40. The number of H-pyrrole nitrogens is 1. The predicted octanol–water partition coefficient (Wildman–Crippen LogP) is 3.88. The molecule has 2 heterocycles. The van der Waals surface area contributed by atoms with Gasteiger partial charge in [-0.05, 0) is 24.5 Å². The van der Waals surface area contributed by atoms with Gasteiger partial charge in [0.15, 0.2) is 5.82 Å². The quantitative estimate of drug-likeness (QED) is 0.359. The molecule has 0 spiro atoms. The molecular formula is C17H19F3IN7. The molecule has 11 heteroatoms. The molecule has 0 atom stereocenters. The number of benzene rings is 1. The third-order valence-electron chi connectivity index (χ3n) is 3.49. The predicted molar refractivity (Wildman–Crippen MR) is 110 cm³/mol. The van der Waals surface area contributed by atoms with Gasteiger partial charge in [0.2, 0.25) is 5.95 Å². The molecule has 4 N–H and O–H groups in total. The molecule has 3 rings (SSSR count). The van der Waals surface area contributed by atoms with E-state index in [-0.39, 0.29) is 23.2 Å². The molecule has 0 aliphatic carbocycles. The van der Waals surface area contributed by atoms with Crippen molar-refractivity contribution in [3.05, 3.63) is 47.4 Å². The summed E-state index contributed by atoms with van der Waals surface area (Å²) in [4.78, 5) is 14.5. The molecule has 28 heavy (non-hydrogen) atoms. The third-order valence-corrected chi connectivity index (χ3v) is 3.49. The van der Waals surface area contributed by atoms with Gasteiger partial charge in [-0.2, -0.15) is 18.2 Å². The van der Waals surface area contributed by atoms with E-state index in [9.17, 15) is 13.2 Å². The van der Waals surface area contributed by atoms with Crippen LogP contribution in [0.25, 0.3) is 11.4 Å². The Labute approximate surface area is 173 Å². The molecule has 3 aromatic rings. The van der Waals surface area contributed by atoms with E-state index in [1.54, 1.807) is 13.0 Å². The van der Waals surface area contributed by atoms with Crippen LogP contribution in [0, 0.1) is 6.92 Å². The molecular weight excluding hydrogens is 486 g/mol. The first-order valence-corrected chi connectivity index (χ1v) is 10.3. The number of nitrogens with two attached hydrogens (primary N) is 1. The molecule has 0 radical (unpaired) electrons. The summed E-state index contributed by atoms with van der Waals surface area (Å²) >= 11 is 2.15. The maximum absolute atomic E-state index is 13.3. The van der Waals surface area contributed by atoms with Crippen LogP contribution in [0.2, 0.25) is 0 Å². The Morgan fingerprint density at radius 3 is 2.46 bits per heavy atom. The van der Waals surface area contributed by atoms with Crippen LogP contribution in [0.5, 0.6) is 0 Å². The lowest BCUT2D eigenvalue weighted by atomic mass is 10.1. The van der Waals surface area contributed by atoms with E-state index in [1.165, 1.54) is 18.2 Å². The van der Waals surface area contributed by atoms with Crippen LogP contribution in [0.4, 0.5) is 24.9 Å². The van der Waals surface area contributed by atoms with Crippen LogP contribution in [0.1, 0.15) is 17.1 Å². The lowest BCUT2D eigenvalue weighted by molar-refractivity contribution is -0.137. The van der Waals surface area contributed by atoms with Crippen LogP contribution in [-0.4, -0.2) is 36.6 Å². The van der Waals surface area contributed by atoms with Gasteiger partial charge in [-0.3, -0.25) is 5.10 Å². The van der Waals surface area contributed by atoms with Gasteiger partial charge in [0, 0.05) is 23.7 Å². The summed E-state index contributed by atoms with van der Waals surface area (Å²) in [5.74, 6) is 1.09. The Morgan fingerprint density at radius 1 is 1.14 bits per heavy atom. The minimum absolute atomic E-state index is 0.0429. The molecule has 1 aromatic carbocycles. The maximum atomic E-state index is 13.3. The van der Waals surface area contributed by atoms with Crippen molar-refractivity contribution in [2.24, 2.45) is 5.73 Å². The molecule has 0 amide bonds. The molecule has 0 fully saturated rings. The van der Waals surface area contributed by atoms with Crippen LogP contribution in [-0.2, 0) is 12.6 Å². The number of hydrogen-bond donors (Lipinski definition) is 3. The summed E-state index contributed by atoms with van der Waals surface area (Å²) < 4.78 is 40.0. The molecule has 2 aromatic heterocycles. The smallest absolute Gasteiger partial charge is 0.330 e. The van der Waals surface area contributed by atoms with Crippen LogP contribution >= 0.6 is 22.6 Å². The highest BCUT2D eigenvalue weighted by Gasteiger charge is 2.34. The standard InChI is InChI=1S/C16H16F3N7.CH3I/c1-9-21-15(26-25-9)24-13-8-10(6-7-20)22-14(23-13)11-4-2-3-5-12(11)16(17,18)19;1-2/h2-5,8H,6-7,20H2,1H3,(H2,21,22,23,24,25,26);1H3. The monoisotopic (exact) mass is 505 g/mol. The Hall–Kier alpha value is -2.28. The van der Waals surface area contributed by atoms with Gasteiger partial charge in [0.05, 0.1) is 5.56 Å². The van der Waals surface area contributed by atoms with E-state index in [1.807, 2.05) is 4.93 Å². The second-order valence-corrected chi connectivity index (χ2v) is 5.52. The van der Waals surface area contributed by atoms with Gasteiger partial charge < -0.3 is 11.1 Å². The Bertz CT molecular complexity index is 912. The lowest BCUT2D eigenvalue weighted by Gasteiger charge is -2.13. The number of aryl methyl sites for hydroxylation is 1. The fraction of sp³-hybridized carbons (Fsp3) is 0.294. The first-order valence-electron chi connectivity index (χ1n) is 8.15. The summed E-state index contributed by atoms with van der Waals surface area (Å²) in [6.45, 7) is 2.03. The Morgan fingerprint density at radius 2 is 1.86 bits per heavy atom. The van der Waals surface area contributed by atoms with E-state index in [4.69, 9.17) is 5.73 Å². The average molecular weight is 505 g/mol. The van der Waals surface area contributed by atoms with Gasteiger partial charge in [0.25, 0.3) is 0 Å². The molecule has 7 nitrogen and oxygen atoms in total. The van der Waals surface area contributed by atoms with Gasteiger partial charge >= 0.3 is 6.18 Å². The number of aromatic nitrogens is 5. The zero-order chi connectivity index (χ0) is 20.7. The number of rotatable bonds is 5. The van der Waals surface area contributed by atoms with Gasteiger partial charge in [-0.15, -0.1) is 5.10 Å². The number of hydrogen-bond acceptors (Lipinski definition) is 6. The summed E-state index contributed by atoms with van der Waals surface area (Å²) in [5.41, 5.74) is 5.18. The highest BCUT2D eigenvalue weighted by molar-refractivity contribution is 14.1. The molecule has 0 unspecified atom stereocenters. The van der Waals surface area contributed by atoms with Crippen molar-refractivity contribution < 1.29 is 13.2 Å². The van der Waals surface area contributed by atoms with Crippen molar-refractivity contribution >= 4 is 34.4 Å². The molecule has 0 aliphatic heterocycles. The van der Waals surface area contributed by atoms with Crippen LogP contribution < -0.4 is 11.1 Å². The van der Waals surface area contributed by atoms with Crippen molar-refractivity contribution in [3.8, 4) is 11.4 Å². The highest BCUT2D eigenvalue weighted by atomic mass is 127. The summed E-state index contributed by atoms with van der Waals surface area (Å²) in [5, 5.41) is 9.47. The number of alkyl halides is 4. The number of nitrogens with zero attached hydrogens (tertiary/aromatic N) is 4. The van der Waals surface area contributed by atoms with Crippen molar-refractivity contribution in [1.29, 1.82) is 0 Å². The minimum Gasteiger partial charge on any atom is -0.330 e. The Balaban J connectivity index is 0.00000136. The topological polar surface area (TPSA) is 105 Å². The second kappa shape index (κ2) is 9.78. The second-order valence-electron chi connectivity index (χ2n) is 5.52. The normalized spacial score (nSPS) is 11.0.